The Hall–Kier alpha value is -2.49. The van der Waals surface area contributed by atoms with Crippen molar-refractivity contribution >= 4 is 29.2 Å². The molecule has 0 amide bonds. The third kappa shape index (κ3) is 7.62. The maximum absolute atomic E-state index is 9.23. The van der Waals surface area contributed by atoms with Crippen LogP contribution in [0.3, 0.4) is 0 Å². The van der Waals surface area contributed by atoms with Gasteiger partial charge in [-0.1, -0.05) is 30.1 Å². The Bertz CT molecular complexity index is 1240. The van der Waals surface area contributed by atoms with E-state index in [0.717, 1.165) is 81.9 Å². The summed E-state index contributed by atoms with van der Waals surface area (Å²) in [7, 11) is 0. The standard InChI is InChI=1S/C30H37Cl2N6O2/c1-21-3-6-36(7-4-21)20-23-13-28(24-15-25(31)17-26(32)16-24)35-29(14-23)40-27-18-33-30(34-19-27)38-10-8-37(9-11-38)22(2)5-12-39/h13-19,21-22,39H,1,3-12,20H2,2H3. The first kappa shape index (κ1) is 29.0. The van der Waals surface area contributed by atoms with Gasteiger partial charge in [-0.25, -0.2) is 15.0 Å². The monoisotopic (exact) mass is 583 g/mol. The number of likely N-dealkylation sites (tertiary alicyclic amines) is 1. The molecule has 2 aromatic heterocycles. The largest absolute Gasteiger partial charge is 0.436 e. The number of ether oxygens (including phenoxy) is 1. The van der Waals surface area contributed by atoms with Crippen LogP contribution in [0.25, 0.3) is 11.3 Å². The van der Waals surface area contributed by atoms with Crippen molar-refractivity contribution in [3.8, 4) is 22.9 Å². The molecule has 0 bridgehead atoms. The Kier molecular flexibility index (Phi) is 9.76. The number of benzene rings is 1. The van der Waals surface area contributed by atoms with Gasteiger partial charge in [-0.3, -0.25) is 9.80 Å². The fraction of sp³-hybridized carbons (Fsp3) is 0.467. The molecule has 2 fully saturated rings. The molecule has 2 aliphatic rings. The summed E-state index contributed by atoms with van der Waals surface area (Å²) in [4.78, 5) is 21.0. The van der Waals surface area contributed by atoms with Crippen LogP contribution in [0.1, 0.15) is 31.7 Å². The highest BCUT2D eigenvalue weighted by Crippen LogP contribution is 2.31. The van der Waals surface area contributed by atoms with Crippen molar-refractivity contribution in [2.75, 3.05) is 50.8 Å². The predicted octanol–water partition coefficient (Wildman–Crippen LogP) is 5.58. The fourth-order valence-corrected chi connectivity index (χ4v) is 5.86. The number of pyridine rings is 1. The smallest absolute Gasteiger partial charge is 0.225 e. The number of nitrogens with zero attached hydrogens (tertiary/aromatic N) is 6. The van der Waals surface area contributed by atoms with E-state index < -0.39 is 0 Å². The van der Waals surface area contributed by atoms with E-state index in [-0.39, 0.29) is 6.61 Å². The number of piperidine rings is 1. The normalized spacial score (nSPS) is 18.2. The zero-order valence-corrected chi connectivity index (χ0v) is 24.5. The first-order chi connectivity index (χ1) is 19.4. The predicted molar refractivity (Wildman–Crippen MR) is 160 cm³/mol. The lowest BCUT2D eigenvalue weighted by Gasteiger charge is -2.37. The van der Waals surface area contributed by atoms with E-state index in [9.17, 15) is 5.11 Å². The van der Waals surface area contributed by atoms with Crippen LogP contribution < -0.4 is 9.64 Å². The van der Waals surface area contributed by atoms with Crippen molar-refractivity contribution < 1.29 is 9.84 Å². The van der Waals surface area contributed by atoms with Crippen LogP contribution in [0, 0.1) is 12.8 Å². The Labute approximate surface area is 246 Å². The molecule has 1 N–H and O–H groups in total. The fourth-order valence-electron chi connectivity index (χ4n) is 5.33. The van der Waals surface area contributed by atoms with Gasteiger partial charge in [0, 0.05) is 67.0 Å². The Balaban J connectivity index is 1.31. The summed E-state index contributed by atoms with van der Waals surface area (Å²) >= 11 is 12.6. The highest BCUT2D eigenvalue weighted by molar-refractivity contribution is 6.35. The molecule has 2 saturated heterocycles. The van der Waals surface area contributed by atoms with Crippen LogP contribution in [-0.4, -0.2) is 81.8 Å². The van der Waals surface area contributed by atoms with E-state index >= 15 is 0 Å². The molecule has 213 valence electrons. The highest BCUT2D eigenvalue weighted by atomic mass is 35.5. The van der Waals surface area contributed by atoms with Crippen molar-refractivity contribution in [3.63, 3.8) is 0 Å². The highest BCUT2D eigenvalue weighted by Gasteiger charge is 2.22. The van der Waals surface area contributed by atoms with Gasteiger partial charge < -0.3 is 14.7 Å². The van der Waals surface area contributed by atoms with E-state index in [0.29, 0.717) is 39.6 Å². The number of hydrogen-bond acceptors (Lipinski definition) is 8. The summed E-state index contributed by atoms with van der Waals surface area (Å²) in [5, 5.41) is 10.3. The van der Waals surface area contributed by atoms with E-state index in [4.69, 9.17) is 32.9 Å². The maximum atomic E-state index is 9.23. The SMILES string of the molecule is [CH2]C1CCN(Cc2cc(Oc3cnc(N4CCN(C(C)CCO)CC4)nc3)nc(-c3cc(Cl)cc(Cl)c3)c2)CC1. The van der Waals surface area contributed by atoms with Gasteiger partial charge in [0.25, 0.3) is 0 Å². The molecule has 3 aromatic rings. The van der Waals surface area contributed by atoms with Crippen molar-refractivity contribution in [2.24, 2.45) is 5.92 Å². The van der Waals surface area contributed by atoms with Gasteiger partial charge in [-0.05, 0) is 75.0 Å². The van der Waals surface area contributed by atoms with Crippen molar-refractivity contribution in [3.05, 3.63) is 65.3 Å². The minimum absolute atomic E-state index is 0.216. The second-order valence-electron chi connectivity index (χ2n) is 10.8. The zero-order valence-electron chi connectivity index (χ0n) is 23.0. The molecule has 1 aromatic carbocycles. The Morgan fingerprint density at radius 2 is 1.65 bits per heavy atom. The molecule has 0 saturated carbocycles. The van der Waals surface area contributed by atoms with E-state index in [1.54, 1.807) is 18.5 Å². The molecular weight excluding hydrogens is 547 g/mol. The van der Waals surface area contributed by atoms with E-state index in [1.807, 2.05) is 18.2 Å². The number of piperazine rings is 1. The van der Waals surface area contributed by atoms with Crippen molar-refractivity contribution in [2.45, 2.75) is 38.8 Å². The van der Waals surface area contributed by atoms with Crippen molar-refractivity contribution in [1.82, 2.24) is 24.8 Å². The summed E-state index contributed by atoms with van der Waals surface area (Å²) in [5.74, 6) is 2.21. The Morgan fingerprint density at radius 3 is 2.30 bits per heavy atom. The molecule has 0 spiro atoms. The lowest BCUT2D eigenvalue weighted by atomic mass is 9.99. The van der Waals surface area contributed by atoms with Gasteiger partial charge >= 0.3 is 0 Å². The number of aliphatic hydroxyl groups excluding tert-OH is 1. The quantitative estimate of drug-likeness (QED) is 0.350. The number of aliphatic hydroxyl groups is 1. The summed E-state index contributed by atoms with van der Waals surface area (Å²) in [5.41, 5.74) is 2.68. The third-order valence-electron chi connectivity index (χ3n) is 7.74. The number of rotatable bonds is 9. The minimum Gasteiger partial charge on any atom is -0.436 e. The summed E-state index contributed by atoms with van der Waals surface area (Å²) < 4.78 is 6.18. The summed E-state index contributed by atoms with van der Waals surface area (Å²) in [6, 6.07) is 9.86. The van der Waals surface area contributed by atoms with Gasteiger partial charge in [0.05, 0.1) is 18.1 Å². The molecule has 1 atom stereocenters. The lowest BCUT2D eigenvalue weighted by Crippen LogP contribution is -2.50. The van der Waals surface area contributed by atoms with E-state index in [1.165, 1.54) is 0 Å². The van der Waals surface area contributed by atoms with Crippen LogP contribution in [0.5, 0.6) is 11.6 Å². The molecule has 8 nitrogen and oxygen atoms in total. The summed E-state index contributed by atoms with van der Waals surface area (Å²) in [6.45, 7) is 13.0. The molecule has 1 radical (unpaired) electrons. The van der Waals surface area contributed by atoms with Crippen LogP contribution in [0.2, 0.25) is 10.0 Å². The molecular formula is C30H37Cl2N6O2. The van der Waals surface area contributed by atoms with Crippen LogP contribution in [0.4, 0.5) is 5.95 Å². The molecule has 40 heavy (non-hydrogen) atoms. The number of hydrogen-bond donors (Lipinski definition) is 1. The molecule has 1 unspecified atom stereocenters. The molecule has 0 aliphatic carbocycles. The van der Waals surface area contributed by atoms with Crippen LogP contribution >= 0.6 is 23.2 Å². The second kappa shape index (κ2) is 13.4. The molecule has 4 heterocycles. The lowest BCUT2D eigenvalue weighted by molar-refractivity contribution is 0.159. The van der Waals surface area contributed by atoms with Gasteiger partial charge in [0.15, 0.2) is 5.75 Å². The first-order valence-corrected chi connectivity index (χ1v) is 14.7. The molecule has 10 heteroatoms. The van der Waals surface area contributed by atoms with Gasteiger partial charge in [-0.15, -0.1) is 0 Å². The van der Waals surface area contributed by atoms with E-state index in [2.05, 4.69) is 44.6 Å². The summed E-state index contributed by atoms with van der Waals surface area (Å²) in [6.07, 6.45) is 6.40. The minimum atomic E-state index is 0.216. The zero-order chi connectivity index (χ0) is 28.1. The van der Waals surface area contributed by atoms with Crippen LogP contribution in [0.15, 0.2) is 42.7 Å². The number of anilines is 1. The van der Waals surface area contributed by atoms with Gasteiger partial charge in [-0.2, -0.15) is 0 Å². The first-order valence-electron chi connectivity index (χ1n) is 14.0. The maximum Gasteiger partial charge on any atom is 0.225 e. The van der Waals surface area contributed by atoms with Gasteiger partial charge in [0.2, 0.25) is 11.8 Å². The topological polar surface area (TPSA) is 77.9 Å². The number of aromatic nitrogens is 3. The number of halogens is 2. The van der Waals surface area contributed by atoms with Crippen molar-refractivity contribution in [1.29, 1.82) is 0 Å². The van der Waals surface area contributed by atoms with Crippen LogP contribution in [-0.2, 0) is 6.54 Å². The Morgan fingerprint density at radius 1 is 0.975 bits per heavy atom. The third-order valence-corrected chi connectivity index (χ3v) is 8.17. The average Bonchev–Trinajstić information content (AvgIpc) is 2.94. The second-order valence-corrected chi connectivity index (χ2v) is 11.7. The molecule has 5 rings (SSSR count). The van der Waals surface area contributed by atoms with Gasteiger partial charge in [0.1, 0.15) is 0 Å². The average molecular weight is 585 g/mol. The molecule has 2 aliphatic heterocycles.